The van der Waals surface area contributed by atoms with Crippen molar-refractivity contribution in [3.63, 3.8) is 0 Å². The standard InChI is InChI=1S/C8H12N2O/c1-7(9)6-10-5-3-2-4-8(10)11/h2-5,7H,6,9H2,1H3/t7-/m0/s1. The molecule has 0 aliphatic carbocycles. The van der Waals surface area contributed by atoms with Gasteiger partial charge in [-0.3, -0.25) is 4.79 Å². The second kappa shape index (κ2) is 3.34. The zero-order valence-corrected chi connectivity index (χ0v) is 6.53. The molecule has 0 spiro atoms. The lowest BCUT2D eigenvalue weighted by atomic mass is 10.3. The van der Waals surface area contributed by atoms with Crippen molar-refractivity contribution in [2.75, 3.05) is 0 Å². The summed E-state index contributed by atoms with van der Waals surface area (Å²) < 4.78 is 1.60. The van der Waals surface area contributed by atoms with Gasteiger partial charge in [0.15, 0.2) is 0 Å². The van der Waals surface area contributed by atoms with Gasteiger partial charge >= 0.3 is 0 Å². The minimum absolute atomic E-state index is 0.00444. The zero-order chi connectivity index (χ0) is 8.27. The third-order valence-electron chi connectivity index (χ3n) is 1.38. The van der Waals surface area contributed by atoms with Crippen LogP contribution in [0.5, 0.6) is 0 Å². The summed E-state index contributed by atoms with van der Waals surface area (Å²) in [6, 6.07) is 5.10. The van der Waals surface area contributed by atoms with Crippen LogP contribution in [0.1, 0.15) is 6.92 Å². The molecule has 0 aliphatic rings. The number of nitrogens with two attached hydrogens (primary N) is 1. The molecule has 1 atom stereocenters. The van der Waals surface area contributed by atoms with E-state index in [0.29, 0.717) is 6.54 Å². The summed E-state index contributed by atoms with van der Waals surface area (Å²) in [7, 11) is 0. The Hall–Kier alpha value is -1.09. The first kappa shape index (κ1) is 8.01. The van der Waals surface area contributed by atoms with Gasteiger partial charge in [0.1, 0.15) is 0 Å². The molecular formula is C8H12N2O. The number of hydrogen-bond donors (Lipinski definition) is 1. The molecule has 1 rings (SSSR count). The van der Waals surface area contributed by atoms with E-state index in [1.165, 1.54) is 6.07 Å². The fourth-order valence-corrected chi connectivity index (χ4v) is 0.922. The molecule has 0 unspecified atom stereocenters. The van der Waals surface area contributed by atoms with Gasteiger partial charge in [-0.05, 0) is 13.0 Å². The Morgan fingerprint density at radius 3 is 2.91 bits per heavy atom. The lowest BCUT2D eigenvalue weighted by molar-refractivity contribution is 0.574. The summed E-state index contributed by atoms with van der Waals surface area (Å²) >= 11 is 0. The molecule has 2 N–H and O–H groups in total. The van der Waals surface area contributed by atoms with Crippen molar-refractivity contribution in [3.8, 4) is 0 Å². The zero-order valence-electron chi connectivity index (χ0n) is 6.53. The van der Waals surface area contributed by atoms with Gasteiger partial charge in [0.2, 0.25) is 0 Å². The van der Waals surface area contributed by atoms with Crippen molar-refractivity contribution < 1.29 is 0 Å². The Balaban J connectivity index is 2.87. The molecule has 0 amide bonds. The van der Waals surface area contributed by atoms with Crippen LogP contribution in [-0.2, 0) is 6.54 Å². The second-order valence-corrected chi connectivity index (χ2v) is 2.67. The predicted molar refractivity (Wildman–Crippen MR) is 44.4 cm³/mol. The monoisotopic (exact) mass is 152 g/mol. The first-order valence-corrected chi connectivity index (χ1v) is 3.61. The summed E-state index contributed by atoms with van der Waals surface area (Å²) in [5.41, 5.74) is 5.54. The summed E-state index contributed by atoms with van der Waals surface area (Å²) in [5.74, 6) is 0. The lowest BCUT2D eigenvalue weighted by Gasteiger charge is -2.06. The number of hydrogen-bond acceptors (Lipinski definition) is 2. The van der Waals surface area contributed by atoms with Crippen molar-refractivity contribution >= 4 is 0 Å². The van der Waals surface area contributed by atoms with Gasteiger partial charge in [-0.15, -0.1) is 0 Å². The van der Waals surface area contributed by atoms with E-state index in [4.69, 9.17) is 5.73 Å². The maximum Gasteiger partial charge on any atom is 0.250 e. The fourth-order valence-electron chi connectivity index (χ4n) is 0.922. The second-order valence-electron chi connectivity index (χ2n) is 2.67. The van der Waals surface area contributed by atoms with Crippen molar-refractivity contribution in [2.24, 2.45) is 5.73 Å². The van der Waals surface area contributed by atoms with Crippen LogP contribution in [0.15, 0.2) is 29.2 Å². The molecule has 0 bridgehead atoms. The van der Waals surface area contributed by atoms with E-state index in [1.54, 1.807) is 16.8 Å². The van der Waals surface area contributed by atoms with Crippen LogP contribution in [0, 0.1) is 0 Å². The normalized spacial score (nSPS) is 12.9. The van der Waals surface area contributed by atoms with Crippen LogP contribution in [0.4, 0.5) is 0 Å². The minimum atomic E-state index is 0.00444. The molecule has 0 saturated carbocycles. The Kier molecular flexibility index (Phi) is 2.44. The topological polar surface area (TPSA) is 48.0 Å². The predicted octanol–water partition coefficient (Wildman–Crippen LogP) is 0.195. The quantitative estimate of drug-likeness (QED) is 0.658. The summed E-state index contributed by atoms with van der Waals surface area (Å²) in [6.07, 6.45) is 1.74. The van der Waals surface area contributed by atoms with Gasteiger partial charge in [-0.25, -0.2) is 0 Å². The Morgan fingerprint density at radius 2 is 2.36 bits per heavy atom. The van der Waals surface area contributed by atoms with Gasteiger partial charge in [-0.2, -0.15) is 0 Å². The Bertz CT molecular complexity index is 277. The van der Waals surface area contributed by atoms with Crippen molar-refractivity contribution in [3.05, 3.63) is 34.7 Å². The van der Waals surface area contributed by atoms with Crippen molar-refractivity contribution in [1.29, 1.82) is 0 Å². The summed E-state index contributed by atoms with van der Waals surface area (Å²) in [6.45, 7) is 2.46. The lowest BCUT2D eigenvalue weighted by Crippen LogP contribution is -2.28. The van der Waals surface area contributed by atoms with Crippen LogP contribution >= 0.6 is 0 Å². The van der Waals surface area contributed by atoms with E-state index in [2.05, 4.69) is 0 Å². The average molecular weight is 152 g/mol. The van der Waals surface area contributed by atoms with Gasteiger partial charge < -0.3 is 10.3 Å². The van der Waals surface area contributed by atoms with Crippen molar-refractivity contribution in [1.82, 2.24) is 4.57 Å². The first-order chi connectivity index (χ1) is 5.20. The van der Waals surface area contributed by atoms with Crippen LogP contribution in [0.25, 0.3) is 0 Å². The van der Waals surface area contributed by atoms with Crippen LogP contribution < -0.4 is 11.3 Å². The molecule has 11 heavy (non-hydrogen) atoms. The highest BCUT2D eigenvalue weighted by Crippen LogP contribution is 1.84. The molecule has 0 aromatic carbocycles. The third kappa shape index (κ3) is 2.20. The number of pyridine rings is 1. The highest BCUT2D eigenvalue weighted by Gasteiger charge is 1.96. The van der Waals surface area contributed by atoms with Gasteiger partial charge in [-0.1, -0.05) is 6.07 Å². The summed E-state index contributed by atoms with van der Waals surface area (Å²) in [4.78, 5) is 11.1. The average Bonchev–Trinajstić information content (AvgIpc) is 1.93. The molecule has 0 radical (unpaired) electrons. The molecule has 3 nitrogen and oxygen atoms in total. The number of aromatic nitrogens is 1. The molecule has 60 valence electrons. The van der Waals surface area contributed by atoms with Gasteiger partial charge in [0.25, 0.3) is 5.56 Å². The van der Waals surface area contributed by atoms with E-state index in [-0.39, 0.29) is 11.6 Å². The smallest absolute Gasteiger partial charge is 0.250 e. The maximum absolute atomic E-state index is 11.1. The molecule has 0 saturated heterocycles. The third-order valence-corrected chi connectivity index (χ3v) is 1.38. The highest BCUT2D eigenvalue weighted by molar-refractivity contribution is 4.93. The Morgan fingerprint density at radius 1 is 1.64 bits per heavy atom. The van der Waals surface area contributed by atoms with E-state index in [0.717, 1.165) is 0 Å². The molecule has 1 heterocycles. The van der Waals surface area contributed by atoms with Crippen LogP contribution in [0.3, 0.4) is 0 Å². The summed E-state index contributed by atoms with van der Waals surface area (Å²) in [5, 5.41) is 0. The maximum atomic E-state index is 11.1. The van der Waals surface area contributed by atoms with Crippen LogP contribution in [0.2, 0.25) is 0 Å². The molecule has 0 aliphatic heterocycles. The Labute approximate surface area is 65.5 Å². The SMILES string of the molecule is C[C@H](N)Cn1ccccc1=O. The molecule has 3 heteroatoms. The number of rotatable bonds is 2. The van der Waals surface area contributed by atoms with E-state index in [9.17, 15) is 4.79 Å². The fraction of sp³-hybridized carbons (Fsp3) is 0.375. The van der Waals surface area contributed by atoms with E-state index in [1.807, 2.05) is 13.0 Å². The molecule has 0 fully saturated rings. The highest BCUT2D eigenvalue weighted by atomic mass is 16.1. The van der Waals surface area contributed by atoms with E-state index >= 15 is 0 Å². The molecule has 1 aromatic heterocycles. The van der Waals surface area contributed by atoms with Crippen LogP contribution in [-0.4, -0.2) is 10.6 Å². The van der Waals surface area contributed by atoms with Crippen molar-refractivity contribution in [2.45, 2.75) is 19.5 Å². The van der Waals surface area contributed by atoms with E-state index < -0.39 is 0 Å². The first-order valence-electron chi connectivity index (χ1n) is 3.61. The minimum Gasteiger partial charge on any atom is -0.326 e. The number of nitrogens with zero attached hydrogens (tertiary/aromatic N) is 1. The molecule has 1 aromatic rings. The largest absolute Gasteiger partial charge is 0.326 e. The molecular weight excluding hydrogens is 140 g/mol. The van der Waals surface area contributed by atoms with Gasteiger partial charge in [0.05, 0.1) is 0 Å². The van der Waals surface area contributed by atoms with Gasteiger partial charge in [0, 0.05) is 24.8 Å².